The van der Waals surface area contributed by atoms with Crippen LogP contribution in [0.25, 0.3) is 6.08 Å². The van der Waals surface area contributed by atoms with Crippen molar-refractivity contribution in [2.45, 2.75) is 96.0 Å². The summed E-state index contributed by atoms with van der Waals surface area (Å²) >= 11 is 0. The van der Waals surface area contributed by atoms with E-state index in [4.69, 9.17) is 4.79 Å². The fourth-order valence-electron chi connectivity index (χ4n) is 6.99. The molecule has 1 saturated heterocycles. The first kappa shape index (κ1) is 44.3. The highest BCUT2D eigenvalue weighted by atomic mass is 16.4. The first-order valence-electron chi connectivity index (χ1n) is 18.2. The van der Waals surface area contributed by atoms with Crippen LogP contribution in [0.3, 0.4) is 0 Å². The number of β-amino-alcohol motifs (C(OH)–C–C–N with tert-alkyl or cyclic N) is 1. The molecule has 2 unspecified atom stereocenters. The number of phenolic OH excluding ortho intramolecular Hbond substituents is 1. The molecule has 0 aromatic heterocycles. The van der Waals surface area contributed by atoms with E-state index in [1.807, 2.05) is 43.0 Å². The minimum absolute atomic E-state index is 0.0426. The third kappa shape index (κ3) is 13.3. The van der Waals surface area contributed by atoms with Gasteiger partial charge >= 0.3 is 5.97 Å². The Morgan fingerprint density at radius 1 is 1.11 bits per heavy atom. The van der Waals surface area contributed by atoms with Crippen LogP contribution in [0, 0.1) is 12.8 Å². The summed E-state index contributed by atoms with van der Waals surface area (Å²) in [7, 11) is 1.79. The number of aliphatic carboxylic acids is 1. The topological polar surface area (TPSA) is 202 Å². The van der Waals surface area contributed by atoms with Crippen molar-refractivity contribution in [3.05, 3.63) is 82.8 Å². The van der Waals surface area contributed by atoms with E-state index >= 15 is 0 Å². The molecule has 2 aromatic rings. The first-order valence-corrected chi connectivity index (χ1v) is 18.2. The van der Waals surface area contributed by atoms with Crippen molar-refractivity contribution >= 4 is 37.8 Å². The standard InChI is InChI=1S/C37H50N6O5.C2H6.CH3NO/c1-25-19-29(12-15-32(25)45)35(46)41-22-31(44)24-43-34(40-4)16-18-37(43,36(47)48)17-6-9-26-7-5-8-28(20-26)21-27-10-13-30(14-11-27)42-33(39-3)23-38-2;1-2;2-1-3/h5-9,12,15,19-20,23,27,30-31,34,40,42,44-45H,2-3,10-11,13-14,16-18,21-22,24H2,1,4H3,(H,41,46)(H,47,48);1-2H3;1H,(H2,2,3)/b9-6?,33-23+;;/t27?,30?,31?,34?,37-;;/m1../s1. The number of nitrogens with one attached hydrogen (secondary N) is 3. The average molecular weight is 734 g/mol. The summed E-state index contributed by atoms with van der Waals surface area (Å²) in [6, 6.07) is 13.3. The summed E-state index contributed by atoms with van der Waals surface area (Å²) in [6.45, 7) is 12.8. The van der Waals surface area contributed by atoms with Gasteiger partial charge in [-0.25, -0.2) is 4.99 Å². The molecule has 2 aliphatic rings. The number of carbonyl (C=O) groups excluding carboxylic acids is 2. The van der Waals surface area contributed by atoms with Gasteiger partial charge in [0, 0.05) is 24.7 Å². The van der Waals surface area contributed by atoms with Gasteiger partial charge in [-0.3, -0.25) is 24.3 Å². The Morgan fingerprint density at radius 3 is 2.42 bits per heavy atom. The van der Waals surface area contributed by atoms with Crippen molar-refractivity contribution < 1.29 is 29.7 Å². The van der Waals surface area contributed by atoms with E-state index in [-0.39, 0.29) is 43.7 Å². The van der Waals surface area contributed by atoms with Crippen LogP contribution in [0.4, 0.5) is 0 Å². The highest BCUT2D eigenvalue weighted by molar-refractivity contribution is 5.94. The Kier molecular flexibility index (Phi) is 19.2. The number of carboxylic acids is 1. The molecule has 1 aliphatic heterocycles. The molecule has 1 saturated carbocycles. The number of aliphatic hydroxyl groups is 1. The highest BCUT2D eigenvalue weighted by Gasteiger charge is 2.51. The molecule has 0 spiro atoms. The Morgan fingerprint density at radius 2 is 1.81 bits per heavy atom. The molecule has 4 rings (SSSR count). The number of carboxylic acid groups (broad SMARTS) is 1. The SMILES string of the molecule is C=N/C=C(\N=C)NC1CCC(Cc2cccc(C=CC[C@]3(C(=O)O)CCC(NC)N3CC(O)CNC(=O)c3ccc(O)c(C)c3)c2)CC1.CC.NC=O. The molecule has 1 heterocycles. The second kappa shape index (κ2) is 22.9. The Hall–Kier alpha value is -4.85. The largest absolute Gasteiger partial charge is 0.508 e. The number of carbonyl (C=O) groups is 3. The summed E-state index contributed by atoms with van der Waals surface area (Å²) < 4.78 is 0. The molecule has 13 nitrogen and oxygen atoms in total. The van der Waals surface area contributed by atoms with Crippen LogP contribution in [0.15, 0.2) is 70.5 Å². The zero-order valence-electron chi connectivity index (χ0n) is 31.6. The van der Waals surface area contributed by atoms with Crippen LogP contribution in [-0.2, 0) is 16.0 Å². The lowest BCUT2D eigenvalue weighted by Crippen LogP contribution is -2.58. The molecule has 3 atom stereocenters. The third-order valence-electron chi connectivity index (χ3n) is 9.68. The van der Waals surface area contributed by atoms with E-state index in [2.05, 4.69) is 57.2 Å². The molecule has 2 amide bonds. The highest BCUT2D eigenvalue weighted by Crippen LogP contribution is 2.37. The van der Waals surface area contributed by atoms with Crippen molar-refractivity contribution in [2.24, 2.45) is 21.6 Å². The number of phenols is 1. The molecule has 53 heavy (non-hydrogen) atoms. The second-order valence-corrected chi connectivity index (χ2v) is 13.1. The van der Waals surface area contributed by atoms with E-state index in [9.17, 15) is 24.9 Å². The minimum atomic E-state index is -1.20. The number of benzene rings is 2. The van der Waals surface area contributed by atoms with Crippen molar-refractivity contribution in [1.82, 2.24) is 20.9 Å². The molecule has 8 N–H and O–H groups in total. The monoisotopic (exact) mass is 733 g/mol. The van der Waals surface area contributed by atoms with Crippen LogP contribution in [-0.4, -0.2) is 95.9 Å². The van der Waals surface area contributed by atoms with Gasteiger partial charge in [0.1, 0.15) is 17.1 Å². The molecule has 0 radical (unpaired) electrons. The van der Waals surface area contributed by atoms with E-state index in [0.29, 0.717) is 41.7 Å². The molecule has 2 fully saturated rings. The molecular weight excluding hydrogens is 674 g/mol. The average Bonchev–Trinajstić information content (AvgIpc) is 3.51. The molecule has 13 heteroatoms. The number of aryl methyl sites for hydroxylation is 1. The number of nitrogens with two attached hydrogens (primary N) is 1. The lowest BCUT2D eigenvalue weighted by Gasteiger charge is -2.38. The zero-order chi connectivity index (χ0) is 39.4. The van der Waals surface area contributed by atoms with Gasteiger partial charge in [0.2, 0.25) is 6.41 Å². The van der Waals surface area contributed by atoms with Crippen LogP contribution in [0.5, 0.6) is 5.75 Å². The summed E-state index contributed by atoms with van der Waals surface area (Å²) in [5, 5.41) is 40.5. The maximum atomic E-state index is 12.8. The van der Waals surface area contributed by atoms with Gasteiger partial charge in [-0.05, 0) is 120 Å². The smallest absolute Gasteiger partial charge is 0.324 e. The fraction of sp³-hybridized carbons (Fsp3) is 0.475. The summed E-state index contributed by atoms with van der Waals surface area (Å²) in [5.41, 5.74) is 6.19. The summed E-state index contributed by atoms with van der Waals surface area (Å²) in [5.74, 6) is 0.0288. The molecule has 2 aromatic carbocycles. The number of aromatic hydroxyl groups is 1. The zero-order valence-corrected chi connectivity index (χ0v) is 31.6. The number of likely N-dealkylation sites (tertiary alicyclic amines) is 1. The van der Waals surface area contributed by atoms with Crippen LogP contribution in [0.1, 0.15) is 85.8 Å². The van der Waals surface area contributed by atoms with Gasteiger partial charge < -0.3 is 37.0 Å². The van der Waals surface area contributed by atoms with Gasteiger partial charge in [0.15, 0.2) is 0 Å². The van der Waals surface area contributed by atoms with Gasteiger partial charge in [-0.2, -0.15) is 0 Å². The first-order chi connectivity index (χ1) is 25.5. The van der Waals surface area contributed by atoms with Crippen molar-refractivity contribution in [1.29, 1.82) is 0 Å². The van der Waals surface area contributed by atoms with Crippen LogP contribution >= 0.6 is 0 Å². The van der Waals surface area contributed by atoms with Crippen molar-refractivity contribution in [3.63, 3.8) is 0 Å². The Balaban J connectivity index is 0.00000185. The number of rotatable bonds is 16. The molecule has 1 aliphatic carbocycles. The number of amides is 2. The maximum absolute atomic E-state index is 12.8. The minimum Gasteiger partial charge on any atom is -0.508 e. The quantitative estimate of drug-likeness (QED) is 0.0966. The van der Waals surface area contributed by atoms with Crippen LogP contribution in [0.2, 0.25) is 0 Å². The Bertz CT molecular complexity index is 1560. The predicted molar refractivity (Wildman–Crippen MR) is 212 cm³/mol. The molecular formula is C40H59N7O6. The lowest BCUT2D eigenvalue weighted by molar-refractivity contribution is -0.151. The maximum Gasteiger partial charge on any atom is 0.324 e. The van der Waals surface area contributed by atoms with Gasteiger partial charge in [-0.15, -0.1) is 0 Å². The van der Waals surface area contributed by atoms with Crippen LogP contribution < -0.4 is 21.7 Å². The number of aliphatic hydroxyl groups excluding tert-OH is 1. The molecule has 0 bridgehead atoms. The summed E-state index contributed by atoms with van der Waals surface area (Å²) in [4.78, 5) is 43.6. The molecule has 290 valence electrons. The number of aliphatic imine (C=N–C) groups is 2. The Labute approximate surface area is 314 Å². The number of hydrogen-bond acceptors (Lipinski definition) is 10. The second-order valence-electron chi connectivity index (χ2n) is 13.1. The normalized spacial score (nSPS) is 22.0. The fourth-order valence-corrected chi connectivity index (χ4v) is 6.99. The van der Waals surface area contributed by atoms with E-state index in [1.54, 1.807) is 26.2 Å². The van der Waals surface area contributed by atoms with Gasteiger partial charge in [0.05, 0.1) is 18.5 Å². The summed E-state index contributed by atoms with van der Waals surface area (Å²) in [6.07, 6.45) is 11.1. The predicted octanol–water partition coefficient (Wildman–Crippen LogP) is 4.38. The number of hydrogen-bond donors (Lipinski definition) is 7. The van der Waals surface area contributed by atoms with E-state index in [1.165, 1.54) is 17.7 Å². The number of nitrogens with zero attached hydrogens (tertiary/aromatic N) is 3. The lowest BCUT2D eigenvalue weighted by atomic mass is 9.82. The van der Waals surface area contributed by atoms with E-state index in [0.717, 1.165) is 37.7 Å². The number of primary amides is 1. The van der Waals surface area contributed by atoms with Gasteiger partial charge in [0.25, 0.3) is 5.91 Å². The van der Waals surface area contributed by atoms with E-state index < -0.39 is 17.6 Å². The third-order valence-corrected chi connectivity index (χ3v) is 9.68. The van der Waals surface area contributed by atoms with Crippen molar-refractivity contribution in [2.75, 3.05) is 20.1 Å². The van der Waals surface area contributed by atoms with Crippen molar-refractivity contribution in [3.8, 4) is 5.75 Å². The van der Waals surface area contributed by atoms with Gasteiger partial charge in [-0.1, -0.05) is 50.3 Å².